The number of aryl methyl sites for hydroxylation is 2. The largest absolute Gasteiger partial charge is 0.207 e. The molecule has 0 heterocycles. The van der Waals surface area contributed by atoms with Crippen LogP contribution in [0.2, 0.25) is 0 Å². The van der Waals surface area contributed by atoms with E-state index in [1.54, 1.807) is 12.1 Å². The summed E-state index contributed by atoms with van der Waals surface area (Å²) in [6, 6.07) is 8.88. The Hall–Kier alpha value is -0.380. The molecular formula is C15H12Br2ClF. The van der Waals surface area contributed by atoms with Gasteiger partial charge in [0.1, 0.15) is 5.82 Å². The van der Waals surface area contributed by atoms with Crippen molar-refractivity contribution in [3.63, 3.8) is 0 Å². The molecule has 0 fully saturated rings. The van der Waals surface area contributed by atoms with Crippen LogP contribution in [0.25, 0.3) is 0 Å². The minimum absolute atomic E-state index is 0.283. The topological polar surface area (TPSA) is 0 Å². The highest BCUT2D eigenvalue weighted by Crippen LogP contribution is 2.37. The van der Waals surface area contributed by atoms with E-state index in [1.165, 1.54) is 6.07 Å². The fraction of sp³-hybridized carbons (Fsp3) is 0.200. The molecule has 0 spiro atoms. The van der Waals surface area contributed by atoms with Gasteiger partial charge in [-0.2, -0.15) is 0 Å². The average molecular weight is 407 g/mol. The maximum atomic E-state index is 13.9. The fourth-order valence-electron chi connectivity index (χ4n) is 1.88. The van der Waals surface area contributed by atoms with E-state index in [0.717, 1.165) is 25.6 Å². The van der Waals surface area contributed by atoms with Gasteiger partial charge in [0.25, 0.3) is 0 Å². The summed E-state index contributed by atoms with van der Waals surface area (Å²) >= 11 is 13.4. The molecule has 0 aliphatic rings. The zero-order valence-corrected chi connectivity index (χ0v) is 14.4. The molecule has 0 saturated carbocycles. The number of halogens is 4. The lowest BCUT2D eigenvalue weighted by Crippen LogP contribution is -1.99. The second-order valence-corrected chi connectivity index (χ2v) is 6.66. The third-order valence-corrected chi connectivity index (χ3v) is 4.99. The molecule has 0 aliphatic carbocycles. The van der Waals surface area contributed by atoms with Crippen molar-refractivity contribution in [2.75, 3.05) is 0 Å². The van der Waals surface area contributed by atoms with Crippen LogP contribution in [0.4, 0.5) is 4.39 Å². The van der Waals surface area contributed by atoms with E-state index in [2.05, 4.69) is 31.9 Å². The molecule has 0 saturated heterocycles. The Balaban J connectivity index is 2.52. The molecule has 2 aromatic carbocycles. The Kier molecular flexibility index (Phi) is 4.70. The first-order valence-electron chi connectivity index (χ1n) is 5.76. The molecule has 0 N–H and O–H groups in total. The lowest BCUT2D eigenvalue weighted by atomic mass is 10.0. The second kappa shape index (κ2) is 5.94. The fourth-order valence-corrected chi connectivity index (χ4v) is 3.41. The summed E-state index contributed by atoms with van der Waals surface area (Å²) in [5.41, 5.74) is 3.44. The molecule has 100 valence electrons. The molecular weight excluding hydrogens is 394 g/mol. The van der Waals surface area contributed by atoms with Crippen LogP contribution in [0, 0.1) is 19.7 Å². The maximum absolute atomic E-state index is 13.9. The Morgan fingerprint density at radius 2 is 1.68 bits per heavy atom. The molecule has 0 aliphatic heterocycles. The first-order valence-corrected chi connectivity index (χ1v) is 7.78. The summed E-state index contributed by atoms with van der Waals surface area (Å²) < 4.78 is 15.8. The number of benzene rings is 2. The van der Waals surface area contributed by atoms with Gasteiger partial charge in [0.15, 0.2) is 0 Å². The maximum Gasteiger partial charge on any atom is 0.128 e. The van der Waals surface area contributed by atoms with Crippen molar-refractivity contribution < 1.29 is 4.39 Å². The van der Waals surface area contributed by atoms with Crippen LogP contribution in [0.15, 0.2) is 39.3 Å². The molecule has 0 aromatic heterocycles. The smallest absolute Gasteiger partial charge is 0.128 e. The Morgan fingerprint density at radius 3 is 2.37 bits per heavy atom. The summed E-state index contributed by atoms with van der Waals surface area (Å²) in [5.74, 6) is -0.283. The van der Waals surface area contributed by atoms with Crippen LogP contribution in [0.1, 0.15) is 27.6 Å². The Morgan fingerprint density at radius 1 is 1.00 bits per heavy atom. The van der Waals surface area contributed by atoms with E-state index >= 15 is 0 Å². The van der Waals surface area contributed by atoms with Gasteiger partial charge in [0.2, 0.25) is 0 Å². The summed E-state index contributed by atoms with van der Waals surface area (Å²) in [5, 5.41) is -0.522. The van der Waals surface area contributed by atoms with Crippen molar-refractivity contribution in [2.24, 2.45) is 0 Å². The van der Waals surface area contributed by atoms with Crippen LogP contribution >= 0.6 is 43.5 Å². The molecule has 2 aromatic rings. The standard InChI is InChI=1S/C15H12Br2ClF/c1-8-3-4-14(19)11(5-8)15(18)10-7-12(16)9(2)6-13(10)17/h3-7,15H,1-2H3. The Labute approximate surface area is 134 Å². The molecule has 0 radical (unpaired) electrons. The van der Waals surface area contributed by atoms with E-state index in [-0.39, 0.29) is 5.82 Å². The zero-order chi connectivity index (χ0) is 14.2. The summed E-state index contributed by atoms with van der Waals surface area (Å²) in [7, 11) is 0. The highest BCUT2D eigenvalue weighted by molar-refractivity contribution is 9.11. The third kappa shape index (κ3) is 3.21. The number of hydrogen-bond acceptors (Lipinski definition) is 0. The van der Waals surface area contributed by atoms with Gasteiger partial charge >= 0.3 is 0 Å². The minimum Gasteiger partial charge on any atom is -0.207 e. The predicted octanol–water partition coefficient (Wildman–Crippen LogP) is 6.30. The van der Waals surface area contributed by atoms with Crippen molar-refractivity contribution in [3.8, 4) is 0 Å². The van der Waals surface area contributed by atoms with Crippen LogP contribution < -0.4 is 0 Å². The molecule has 0 bridgehead atoms. The average Bonchev–Trinajstić information content (AvgIpc) is 2.36. The van der Waals surface area contributed by atoms with Gasteiger partial charge in [0, 0.05) is 14.5 Å². The van der Waals surface area contributed by atoms with Gasteiger partial charge < -0.3 is 0 Å². The number of alkyl halides is 1. The van der Waals surface area contributed by atoms with Crippen LogP contribution in [-0.4, -0.2) is 0 Å². The van der Waals surface area contributed by atoms with Crippen molar-refractivity contribution in [2.45, 2.75) is 19.2 Å². The lowest BCUT2D eigenvalue weighted by molar-refractivity contribution is 0.611. The first-order chi connectivity index (χ1) is 8.90. The number of hydrogen-bond donors (Lipinski definition) is 0. The summed E-state index contributed by atoms with van der Waals surface area (Å²) in [4.78, 5) is 0. The Bertz CT molecular complexity index is 626. The van der Waals surface area contributed by atoms with Gasteiger partial charge in [-0.05, 0) is 43.2 Å². The molecule has 1 unspecified atom stereocenters. The molecule has 4 heteroatoms. The predicted molar refractivity (Wildman–Crippen MR) is 85.4 cm³/mol. The normalized spacial score (nSPS) is 12.5. The minimum atomic E-state index is -0.522. The van der Waals surface area contributed by atoms with Crippen LogP contribution in [0.5, 0.6) is 0 Å². The molecule has 0 amide bonds. The van der Waals surface area contributed by atoms with E-state index < -0.39 is 5.38 Å². The SMILES string of the molecule is Cc1ccc(F)c(C(Cl)c2cc(Br)c(C)cc2Br)c1. The monoisotopic (exact) mass is 404 g/mol. The van der Waals surface area contributed by atoms with Crippen molar-refractivity contribution in [1.82, 2.24) is 0 Å². The van der Waals surface area contributed by atoms with E-state index in [1.807, 2.05) is 26.0 Å². The lowest BCUT2D eigenvalue weighted by Gasteiger charge is -2.15. The molecule has 0 nitrogen and oxygen atoms in total. The highest BCUT2D eigenvalue weighted by atomic mass is 79.9. The van der Waals surface area contributed by atoms with Gasteiger partial charge in [-0.3, -0.25) is 0 Å². The van der Waals surface area contributed by atoms with E-state index in [0.29, 0.717) is 5.56 Å². The third-order valence-electron chi connectivity index (χ3n) is 2.98. The van der Waals surface area contributed by atoms with Gasteiger partial charge in [-0.1, -0.05) is 49.6 Å². The van der Waals surface area contributed by atoms with Crippen molar-refractivity contribution in [3.05, 3.63) is 67.3 Å². The van der Waals surface area contributed by atoms with Crippen LogP contribution in [0.3, 0.4) is 0 Å². The molecule has 2 rings (SSSR count). The van der Waals surface area contributed by atoms with Crippen molar-refractivity contribution >= 4 is 43.5 Å². The van der Waals surface area contributed by atoms with E-state index in [4.69, 9.17) is 11.6 Å². The molecule has 1 atom stereocenters. The zero-order valence-electron chi connectivity index (χ0n) is 10.5. The number of rotatable bonds is 2. The first kappa shape index (κ1) is 15.0. The van der Waals surface area contributed by atoms with Crippen LogP contribution in [-0.2, 0) is 0 Å². The van der Waals surface area contributed by atoms with Gasteiger partial charge in [-0.25, -0.2) is 4.39 Å². The summed E-state index contributed by atoms with van der Waals surface area (Å²) in [6.45, 7) is 3.92. The quantitative estimate of drug-likeness (QED) is 0.514. The van der Waals surface area contributed by atoms with E-state index in [9.17, 15) is 4.39 Å². The highest BCUT2D eigenvalue weighted by Gasteiger charge is 2.19. The van der Waals surface area contributed by atoms with Crippen molar-refractivity contribution in [1.29, 1.82) is 0 Å². The van der Waals surface area contributed by atoms with Gasteiger partial charge in [0.05, 0.1) is 5.38 Å². The van der Waals surface area contributed by atoms with Gasteiger partial charge in [-0.15, -0.1) is 11.6 Å². The summed E-state index contributed by atoms with van der Waals surface area (Å²) in [6.07, 6.45) is 0. The molecule has 19 heavy (non-hydrogen) atoms. The second-order valence-electron chi connectivity index (χ2n) is 4.51.